The Kier molecular flexibility index (Phi) is 3.18. The van der Waals surface area contributed by atoms with Crippen molar-refractivity contribution < 1.29 is 4.79 Å². The fourth-order valence-electron chi connectivity index (χ4n) is 2.48. The molecule has 0 amide bonds. The highest BCUT2D eigenvalue weighted by molar-refractivity contribution is 5.56. The molecule has 80 valence electrons. The molecule has 0 radical (unpaired) electrons. The summed E-state index contributed by atoms with van der Waals surface area (Å²) in [6, 6.07) is 0. The van der Waals surface area contributed by atoms with Crippen molar-refractivity contribution in [2.45, 2.75) is 47.0 Å². The van der Waals surface area contributed by atoms with E-state index in [1.54, 1.807) is 0 Å². The Morgan fingerprint density at radius 2 is 2.00 bits per heavy atom. The molecular weight excluding hydrogens is 172 g/mol. The number of carbonyl (C=O) groups is 1. The smallest absolute Gasteiger partial charge is 0.123 e. The van der Waals surface area contributed by atoms with E-state index in [1.165, 1.54) is 0 Å². The molecule has 0 bridgehead atoms. The number of aldehydes is 1. The summed E-state index contributed by atoms with van der Waals surface area (Å²) in [5, 5.41) is 0. The highest BCUT2D eigenvalue weighted by atomic mass is 16.1. The number of hydrogen-bond acceptors (Lipinski definition) is 1. The largest absolute Gasteiger partial charge is 0.303 e. The maximum absolute atomic E-state index is 11.0. The van der Waals surface area contributed by atoms with Crippen molar-refractivity contribution in [2.75, 3.05) is 0 Å². The molecule has 1 heteroatoms. The molecule has 0 aromatic rings. The van der Waals surface area contributed by atoms with Crippen molar-refractivity contribution in [1.82, 2.24) is 0 Å². The molecule has 1 fully saturated rings. The second kappa shape index (κ2) is 3.88. The number of carbonyl (C=O) groups excluding carboxylic acids is 1. The van der Waals surface area contributed by atoms with Gasteiger partial charge in [-0.2, -0.15) is 0 Å². The third kappa shape index (κ3) is 1.65. The zero-order chi connectivity index (χ0) is 10.8. The topological polar surface area (TPSA) is 17.1 Å². The lowest BCUT2D eigenvalue weighted by molar-refractivity contribution is -0.114. The first-order valence-corrected chi connectivity index (χ1v) is 5.61. The molecule has 0 aromatic heterocycles. The SMILES string of the molecule is CC/C=C/[C@@]1(C)CC[C@@H](C=O)C1(C)C. The lowest BCUT2D eigenvalue weighted by atomic mass is 9.66. The molecule has 0 aliphatic heterocycles. The lowest BCUT2D eigenvalue weighted by Gasteiger charge is -2.38. The fourth-order valence-corrected chi connectivity index (χ4v) is 2.48. The van der Waals surface area contributed by atoms with Gasteiger partial charge in [0.1, 0.15) is 6.29 Å². The first-order chi connectivity index (χ1) is 6.48. The first-order valence-electron chi connectivity index (χ1n) is 5.61. The summed E-state index contributed by atoms with van der Waals surface area (Å²) in [5.74, 6) is 0.231. The average molecular weight is 194 g/mol. The molecule has 1 aliphatic rings. The molecule has 1 nitrogen and oxygen atoms in total. The van der Waals surface area contributed by atoms with Gasteiger partial charge in [-0.3, -0.25) is 0 Å². The van der Waals surface area contributed by atoms with Gasteiger partial charge in [0.2, 0.25) is 0 Å². The van der Waals surface area contributed by atoms with Gasteiger partial charge in [0.05, 0.1) is 0 Å². The van der Waals surface area contributed by atoms with Crippen LogP contribution in [0.3, 0.4) is 0 Å². The van der Waals surface area contributed by atoms with Gasteiger partial charge >= 0.3 is 0 Å². The Hall–Kier alpha value is -0.590. The van der Waals surface area contributed by atoms with Crippen molar-refractivity contribution in [3.05, 3.63) is 12.2 Å². The van der Waals surface area contributed by atoms with E-state index in [9.17, 15) is 4.79 Å². The molecule has 0 unspecified atom stereocenters. The minimum atomic E-state index is 0.112. The number of hydrogen-bond donors (Lipinski definition) is 0. The van der Waals surface area contributed by atoms with Crippen LogP contribution < -0.4 is 0 Å². The summed E-state index contributed by atoms with van der Waals surface area (Å²) < 4.78 is 0. The summed E-state index contributed by atoms with van der Waals surface area (Å²) in [6.45, 7) is 8.87. The van der Waals surface area contributed by atoms with E-state index < -0.39 is 0 Å². The summed E-state index contributed by atoms with van der Waals surface area (Å²) in [7, 11) is 0. The van der Waals surface area contributed by atoms with Crippen LogP contribution in [0.2, 0.25) is 0 Å². The number of allylic oxidation sites excluding steroid dienone is 2. The van der Waals surface area contributed by atoms with Crippen LogP contribution in [-0.4, -0.2) is 6.29 Å². The van der Waals surface area contributed by atoms with Crippen molar-refractivity contribution in [3.63, 3.8) is 0 Å². The predicted molar refractivity (Wildman–Crippen MR) is 60.1 cm³/mol. The Morgan fingerprint density at radius 1 is 1.36 bits per heavy atom. The third-order valence-electron chi connectivity index (χ3n) is 4.26. The Labute approximate surface area is 87.6 Å². The van der Waals surface area contributed by atoms with Crippen LogP contribution in [0.4, 0.5) is 0 Å². The summed E-state index contributed by atoms with van der Waals surface area (Å²) in [5.41, 5.74) is 0.314. The van der Waals surface area contributed by atoms with E-state index >= 15 is 0 Å². The van der Waals surface area contributed by atoms with Gasteiger partial charge in [-0.15, -0.1) is 0 Å². The Morgan fingerprint density at radius 3 is 2.43 bits per heavy atom. The highest BCUT2D eigenvalue weighted by Gasteiger charge is 2.49. The van der Waals surface area contributed by atoms with Crippen LogP contribution in [0, 0.1) is 16.7 Å². The Bertz CT molecular complexity index is 240. The van der Waals surface area contributed by atoms with Gasteiger partial charge in [0.15, 0.2) is 0 Å². The van der Waals surface area contributed by atoms with Crippen molar-refractivity contribution in [2.24, 2.45) is 16.7 Å². The summed E-state index contributed by atoms with van der Waals surface area (Å²) in [4.78, 5) is 11.0. The standard InChI is InChI=1S/C13H22O/c1-5-6-8-13(4)9-7-11(10-14)12(13,2)3/h6,8,10-11H,5,7,9H2,1-4H3/b8-6+/t11-,13-/m0/s1. The van der Waals surface area contributed by atoms with Gasteiger partial charge in [0.25, 0.3) is 0 Å². The molecular formula is C13H22O. The maximum Gasteiger partial charge on any atom is 0.123 e. The molecule has 0 heterocycles. The van der Waals surface area contributed by atoms with Crippen LogP contribution in [0.25, 0.3) is 0 Å². The van der Waals surface area contributed by atoms with Gasteiger partial charge < -0.3 is 4.79 Å². The zero-order valence-corrected chi connectivity index (χ0v) is 9.84. The monoisotopic (exact) mass is 194 g/mol. The van der Waals surface area contributed by atoms with Gasteiger partial charge in [-0.1, -0.05) is 39.8 Å². The highest BCUT2D eigenvalue weighted by Crippen LogP contribution is 2.55. The van der Waals surface area contributed by atoms with E-state index in [1.807, 2.05) is 0 Å². The van der Waals surface area contributed by atoms with E-state index in [0.29, 0.717) is 0 Å². The molecule has 2 atom stereocenters. The van der Waals surface area contributed by atoms with Crippen LogP contribution in [0.15, 0.2) is 12.2 Å². The molecule has 1 saturated carbocycles. The second-order valence-corrected chi connectivity index (χ2v) is 5.23. The summed E-state index contributed by atoms with van der Waals surface area (Å²) in [6.07, 6.45) is 8.95. The molecule has 0 spiro atoms. The number of rotatable bonds is 3. The van der Waals surface area contributed by atoms with Crippen LogP contribution in [-0.2, 0) is 4.79 Å². The van der Waals surface area contributed by atoms with Crippen molar-refractivity contribution in [1.29, 1.82) is 0 Å². The molecule has 1 rings (SSSR count). The van der Waals surface area contributed by atoms with E-state index in [0.717, 1.165) is 25.5 Å². The molecule has 14 heavy (non-hydrogen) atoms. The van der Waals surface area contributed by atoms with Gasteiger partial charge in [0, 0.05) is 5.92 Å². The van der Waals surface area contributed by atoms with Gasteiger partial charge in [-0.05, 0) is 30.1 Å². The molecule has 0 N–H and O–H groups in total. The molecule has 0 saturated heterocycles. The average Bonchev–Trinajstić information content (AvgIpc) is 2.36. The minimum Gasteiger partial charge on any atom is -0.303 e. The zero-order valence-electron chi connectivity index (χ0n) is 9.84. The van der Waals surface area contributed by atoms with E-state index in [4.69, 9.17) is 0 Å². The normalized spacial score (nSPS) is 36.4. The van der Waals surface area contributed by atoms with Crippen LogP contribution in [0.5, 0.6) is 0 Å². The first kappa shape index (κ1) is 11.5. The van der Waals surface area contributed by atoms with Crippen molar-refractivity contribution in [3.8, 4) is 0 Å². The quantitative estimate of drug-likeness (QED) is 0.495. The summed E-state index contributed by atoms with van der Waals surface area (Å²) >= 11 is 0. The second-order valence-electron chi connectivity index (χ2n) is 5.23. The predicted octanol–water partition coefficient (Wildman–Crippen LogP) is 3.59. The lowest BCUT2D eigenvalue weighted by Crippen LogP contribution is -2.33. The minimum absolute atomic E-state index is 0.112. The van der Waals surface area contributed by atoms with Crippen LogP contribution in [0.1, 0.15) is 47.0 Å². The van der Waals surface area contributed by atoms with E-state index in [-0.39, 0.29) is 16.7 Å². The van der Waals surface area contributed by atoms with Crippen molar-refractivity contribution >= 4 is 6.29 Å². The molecule has 1 aliphatic carbocycles. The Balaban J connectivity index is 2.91. The molecule has 0 aromatic carbocycles. The maximum atomic E-state index is 11.0. The third-order valence-corrected chi connectivity index (χ3v) is 4.26. The van der Waals surface area contributed by atoms with Crippen LogP contribution >= 0.6 is 0 Å². The van der Waals surface area contributed by atoms with E-state index in [2.05, 4.69) is 39.8 Å². The van der Waals surface area contributed by atoms with Gasteiger partial charge in [-0.25, -0.2) is 0 Å². The fraction of sp³-hybridized carbons (Fsp3) is 0.769.